The van der Waals surface area contributed by atoms with Gasteiger partial charge < -0.3 is 4.90 Å². The summed E-state index contributed by atoms with van der Waals surface area (Å²) in [5.74, 6) is -0.0994. The second-order valence-corrected chi connectivity index (χ2v) is 8.36. The molecule has 0 spiro atoms. The maximum atomic E-state index is 12.7. The highest BCUT2D eigenvalue weighted by Crippen LogP contribution is 2.21. The van der Waals surface area contributed by atoms with Crippen LogP contribution in [0.5, 0.6) is 0 Å². The Labute approximate surface area is 168 Å². The molecule has 8 nitrogen and oxygen atoms in total. The smallest absolute Gasteiger partial charge is 0.238 e. The highest BCUT2D eigenvalue weighted by atomic mass is 32.2. The quantitative estimate of drug-likeness (QED) is 0.658. The molecule has 3 rings (SSSR count). The third kappa shape index (κ3) is 4.52. The normalized spacial score (nSPS) is 12.7. The molecular weight excluding hydrogens is 392 g/mol. The van der Waals surface area contributed by atoms with E-state index in [1.807, 2.05) is 13.0 Å². The molecule has 0 saturated heterocycles. The number of carbonyl (C=O) groups excluding carboxylic acids is 1. The van der Waals surface area contributed by atoms with Crippen LogP contribution in [-0.4, -0.2) is 36.1 Å². The number of carbonyl (C=O) groups is 1. The Kier molecular flexibility index (Phi) is 5.81. The number of sulfonamides is 1. The SMILES string of the molecule is C[C@H](c1ccc(S(N)(=O)=O)cc1)N(C)C(=O)CCn1ncc(=O)c2ccccc21. The van der Waals surface area contributed by atoms with Gasteiger partial charge in [0, 0.05) is 18.9 Å². The van der Waals surface area contributed by atoms with E-state index in [2.05, 4.69) is 5.10 Å². The lowest BCUT2D eigenvalue weighted by molar-refractivity contribution is -0.132. The Balaban J connectivity index is 1.71. The molecule has 3 aromatic rings. The largest absolute Gasteiger partial charge is 0.339 e. The number of nitrogens with two attached hydrogens (primary N) is 1. The van der Waals surface area contributed by atoms with Crippen LogP contribution in [0.1, 0.15) is 24.9 Å². The number of aryl methyl sites for hydroxylation is 1. The van der Waals surface area contributed by atoms with Crippen molar-refractivity contribution in [3.8, 4) is 0 Å². The van der Waals surface area contributed by atoms with Crippen LogP contribution in [0.25, 0.3) is 10.9 Å². The van der Waals surface area contributed by atoms with E-state index >= 15 is 0 Å². The number of primary sulfonamides is 1. The first-order chi connectivity index (χ1) is 13.7. The van der Waals surface area contributed by atoms with Crippen molar-refractivity contribution < 1.29 is 13.2 Å². The van der Waals surface area contributed by atoms with Crippen molar-refractivity contribution in [2.75, 3.05) is 7.05 Å². The van der Waals surface area contributed by atoms with Gasteiger partial charge in [-0.25, -0.2) is 13.6 Å². The van der Waals surface area contributed by atoms with Crippen molar-refractivity contribution >= 4 is 26.8 Å². The number of amides is 1. The van der Waals surface area contributed by atoms with Crippen LogP contribution in [-0.2, 0) is 21.4 Å². The molecule has 0 fully saturated rings. The van der Waals surface area contributed by atoms with Gasteiger partial charge in [-0.15, -0.1) is 0 Å². The molecule has 1 amide bonds. The minimum Gasteiger partial charge on any atom is -0.339 e. The van der Waals surface area contributed by atoms with Crippen molar-refractivity contribution in [1.29, 1.82) is 0 Å². The van der Waals surface area contributed by atoms with E-state index in [1.54, 1.807) is 47.0 Å². The lowest BCUT2D eigenvalue weighted by atomic mass is 10.1. The standard InChI is InChI=1S/C20H22N4O4S/c1-14(15-7-9-16(10-8-15)29(21,27)28)23(2)20(26)11-12-24-18-6-4-3-5-17(18)19(25)13-22-24/h3-10,13-14H,11-12H2,1-2H3,(H2,21,27,28)/t14-/m1/s1. The second-order valence-electron chi connectivity index (χ2n) is 6.79. The van der Waals surface area contributed by atoms with Crippen molar-refractivity contribution in [3.63, 3.8) is 0 Å². The molecule has 2 aromatic carbocycles. The van der Waals surface area contributed by atoms with Crippen molar-refractivity contribution in [2.24, 2.45) is 5.14 Å². The van der Waals surface area contributed by atoms with Crippen LogP contribution < -0.4 is 10.6 Å². The highest BCUT2D eigenvalue weighted by molar-refractivity contribution is 7.89. The summed E-state index contributed by atoms with van der Waals surface area (Å²) in [7, 11) is -2.06. The highest BCUT2D eigenvalue weighted by Gasteiger charge is 2.18. The maximum absolute atomic E-state index is 12.7. The summed E-state index contributed by atoms with van der Waals surface area (Å²) in [6.45, 7) is 2.19. The zero-order valence-electron chi connectivity index (χ0n) is 16.1. The number of fused-ring (bicyclic) bond motifs is 1. The molecule has 2 N–H and O–H groups in total. The Morgan fingerprint density at radius 2 is 1.83 bits per heavy atom. The van der Waals surface area contributed by atoms with E-state index < -0.39 is 10.0 Å². The van der Waals surface area contributed by atoms with E-state index in [4.69, 9.17) is 5.14 Å². The Bertz CT molecular complexity index is 1200. The van der Waals surface area contributed by atoms with Gasteiger partial charge in [0.15, 0.2) is 0 Å². The van der Waals surface area contributed by atoms with E-state index in [1.165, 1.54) is 18.3 Å². The monoisotopic (exact) mass is 414 g/mol. The fourth-order valence-electron chi connectivity index (χ4n) is 3.09. The number of aromatic nitrogens is 2. The maximum Gasteiger partial charge on any atom is 0.238 e. The number of hydrogen-bond acceptors (Lipinski definition) is 5. The number of rotatable bonds is 6. The molecule has 0 radical (unpaired) electrons. The summed E-state index contributed by atoms with van der Waals surface area (Å²) in [6.07, 6.45) is 1.46. The number of nitrogens with zero attached hydrogens (tertiary/aromatic N) is 3. The molecule has 0 aliphatic rings. The average molecular weight is 414 g/mol. The van der Waals surface area contributed by atoms with Gasteiger partial charge in [0.2, 0.25) is 21.4 Å². The third-order valence-electron chi connectivity index (χ3n) is 4.96. The predicted octanol–water partition coefficient (Wildman–Crippen LogP) is 1.65. The molecule has 0 saturated carbocycles. The summed E-state index contributed by atoms with van der Waals surface area (Å²) in [5.41, 5.74) is 1.32. The number of para-hydroxylation sites is 1. The number of benzene rings is 2. The minimum atomic E-state index is -3.75. The zero-order chi connectivity index (χ0) is 21.2. The zero-order valence-corrected chi connectivity index (χ0v) is 17.0. The summed E-state index contributed by atoms with van der Waals surface area (Å²) in [5, 5.41) is 9.81. The fraction of sp³-hybridized carbons (Fsp3) is 0.250. The molecular formula is C20H22N4O4S. The first kappa shape index (κ1) is 20.7. The van der Waals surface area contributed by atoms with Crippen LogP contribution in [0, 0.1) is 0 Å². The van der Waals surface area contributed by atoms with Crippen molar-refractivity contribution in [3.05, 3.63) is 70.5 Å². The van der Waals surface area contributed by atoms with Gasteiger partial charge in [0.25, 0.3) is 0 Å². The molecule has 1 aromatic heterocycles. The van der Waals surface area contributed by atoms with E-state index in [9.17, 15) is 18.0 Å². The van der Waals surface area contributed by atoms with Gasteiger partial charge in [-0.05, 0) is 36.8 Å². The van der Waals surface area contributed by atoms with Crippen LogP contribution in [0.4, 0.5) is 0 Å². The van der Waals surface area contributed by atoms with E-state index in [-0.39, 0.29) is 28.7 Å². The predicted molar refractivity (Wildman–Crippen MR) is 110 cm³/mol. The molecule has 0 bridgehead atoms. The molecule has 29 heavy (non-hydrogen) atoms. The topological polar surface area (TPSA) is 115 Å². The van der Waals surface area contributed by atoms with E-state index in [0.717, 1.165) is 5.56 Å². The van der Waals surface area contributed by atoms with Gasteiger partial charge >= 0.3 is 0 Å². The summed E-state index contributed by atoms with van der Waals surface area (Å²) >= 11 is 0. The molecule has 1 heterocycles. The molecule has 0 unspecified atom stereocenters. The molecule has 0 aliphatic carbocycles. The summed E-state index contributed by atoms with van der Waals surface area (Å²) in [4.78, 5) is 26.2. The minimum absolute atomic E-state index is 0.0265. The van der Waals surface area contributed by atoms with Crippen LogP contribution in [0.15, 0.2) is 64.4 Å². The lowest BCUT2D eigenvalue weighted by Crippen LogP contribution is -2.30. The number of hydrogen-bond donors (Lipinski definition) is 1. The molecule has 152 valence electrons. The Morgan fingerprint density at radius 3 is 2.48 bits per heavy atom. The van der Waals surface area contributed by atoms with E-state index in [0.29, 0.717) is 17.4 Å². The second kappa shape index (κ2) is 8.14. The van der Waals surface area contributed by atoms with Gasteiger partial charge in [-0.2, -0.15) is 5.10 Å². The first-order valence-electron chi connectivity index (χ1n) is 9.02. The van der Waals surface area contributed by atoms with Crippen LogP contribution in [0.3, 0.4) is 0 Å². The van der Waals surface area contributed by atoms with Crippen LogP contribution in [0.2, 0.25) is 0 Å². The van der Waals surface area contributed by atoms with Gasteiger partial charge in [0.05, 0.1) is 29.2 Å². The lowest BCUT2D eigenvalue weighted by Gasteiger charge is -2.25. The van der Waals surface area contributed by atoms with Gasteiger partial charge in [-0.3, -0.25) is 14.3 Å². The van der Waals surface area contributed by atoms with Crippen molar-refractivity contribution in [1.82, 2.24) is 14.7 Å². The molecule has 0 aliphatic heterocycles. The molecule has 9 heteroatoms. The third-order valence-corrected chi connectivity index (χ3v) is 5.89. The summed E-state index contributed by atoms with van der Waals surface area (Å²) in [6, 6.07) is 13.0. The van der Waals surface area contributed by atoms with Gasteiger partial charge in [-0.1, -0.05) is 24.3 Å². The Morgan fingerprint density at radius 1 is 1.17 bits per heavy atom. The van der Waals surface area contributed by atoms with Crippen LogP contribution >= 0.6 is 0 Å². The van der Waals surface area contributed by atoms with Crippen molar-refractivity contribution in [2.45, 2.75) is 30.8 Å². The average Bonchev–Trinajstić information content (AvgIpc) is 2.71. The van der Waals surface area contributed by atoms with Gasteiger partial charge in [0.1, 0.15) is 0 Å². The summed E-state index contributed by atoms with van der Waals surface area (Å²) < 4.78 is 24.4. The fourth-order valence-corrected chi connectivity index (χ4v) is 3.61. The first-order valence-corrected chi connectivity index (χ1v) is 10.6. The Hall–Kier alpha value is -3.04. The molecule has 1 atom stereocenters.